The van der Waals surface area contributed by atoms with Crippen molar-refractivity contribution in [2.75, 3.05) is 20.2 Å². The largest absolute Gasteiger partial charge is 0.378 e. The van der Waals surface area contributed by atoms with Gasteiger partial charge in [-0.15, -0.1) is 5.10 Å². The van der Waals surface area contributed by atoms with Crippen molar-refractivity contribution in [1.82, 2.24) is 24.9 Å². The molecule has 1 amide bonds. The van der Waals surface area contributed by atoms with Crippen molar-refractivity contribution in [3.8, 4) is 0 Å². The molecule has 7 heteroatoms. The highest BCUT2D eigenvalue weighted by atomic mass is 16.5. The number of hydrogen-bond acceptors (Lipinski definition) is 5. The summed E-state index contributed by atoms with van der Waals surface area (Å²) < 4.78 is 7.00. The van der Waals surface area contributed by atoms with Gasteiger partial charge in [-0.05, 0) is 38.0 Å². The van der Waals surface area contributed by atoms with Gasteiger partial charge in [-0.25, -0.2) is 4.68 Å². The second-order valence-corrected chi connectivity index (χ2v) is 7.03. The van der Waals surface area contributed by atoms with Gasteiger partial charge in [0, 0.05) is 31.8 Å². The molecular formula is C20H23N5O2. The van der Waals surface area contributed by atoms with Gasteiger partial charge >= 0.3 is 0 Å². The van der Waals surface area contributed by atoms with Crippen molar-refractivity contribution in [1.29, 1.82) is 0 Å². The summed E-state index contributed by atoms with van der Waals surface area (Å²) in [6.07, 6.45) is 5.38. The average Bonchev–Trinajstić information content (AvgIpc) is 3.16. The maximum absolute atomic E-state index is 13.1. The molecule has 0 N–H and O–H groups in total. The van der Waals surface area contributed by atoms with Crippen molar-refractivity contribution < 1.29 is 9.53 Å². The van der Waals surface area contributed by atoms with Crippen molar-refractivity contribution >= 4 is 16.8 Å². The number of pyridine rings is 1. The molecule has 4 rings (SSSR count). The number of fused-ring (bicyclic) bond motifs is 1. The molecular weight excluding hydrogens is 342 g/mol. The zero-order chi connectivity index (χ0) is 18.8. The second kappa shape index (κ2) is 7.44. The van der Waals surface area contributed by atoms with Crippen LogP contribution in [0.5, 0.6) is 0 Å². The van der Waals surface area contributed by atoms with Gasteiger partial charge in [0.25, 0.3) is 5.91 Å². The zero-order valence-corrected chi connectivity index (χ0v) is 15.6. The van der Waals surface area contributed by atoms with Crippen LogP contribution in [-0.2, 0) is 11.3 Å². The summed E-state index contributed by atoms with van der Waals surface area (Å²) in [4.78, 5) is 19.4. The Morgan fingerprint density at radius 2 is 2.07 bits per heavy atom. The Bertz CT molecular complexity index is 960. The number of piperidine rings is 1. The highest BCUT2D eigenvalue weighted by molar-refractivity contribution is 6.06. The molecule has 1 aromatic carbocycles. The summed E-state index contributed by atoms with van der Waals surface area (Å²) in [6.45, 7) is 3.91. The van der Waals surface area contributed by atoms with Crippen molar-refractivity contribution in [2.24, 2.45) is 0 Å². The van der Waals surface area contributed by atoms with Gasteiger partial charge in [-0.2, -0.15) is 0 Å². The Balaban J connectivity index is 1.48. The zero-order valence-electron chi connectivity index (χ0n) is 15.6. The number of carbonyl (C=O) groups is 1. The van der Waals surface area contributed by atoms with Gasteiger partial charge in [-0.3, -0.25) is 9.78 Å². The SMILES string of the molecule is COCc1cn(C2CCN(C(=O)c3ccnc4ccc(C)cc34)CC2)nn1. The van der Waals surface area contributed by atoms with E-state index in [0.717, 1.165) is 40.6 Å². The Hall–Kier alpha value is -2.80. The van der Waals surface area contributed by atoms with Gasteiger partial charge in [0.1, 0.15) is 5.69 Å². The normalized spacial score (nSPS) is 15.4. The second-order valence-electron chi connectivity index (χ2n) is 7.03. The Morgan fingerprint density at radius 3 is 2.85 bits per heavy atom. The molecule has 1 fully saturated rings. The number of benzene rings is 1. The molecule has 3 heterocycles. The predicted molar refractivity (Wildman–Crippen MR) is 101 cm³/mol. The lowest BCUT2D eigenvalue weighted by Crippen LogP contribution is -2.39. The molecule has 2 aromatic heterocycles. The number of aromatic nitrogens is 4. The number of carbonyl (C=O) groups excluding carboxylic acids is 1. The summed E-state index contributed by atoms with van der Waals surface area (Å²) in [5.74, 6) is 0.0742. The molecule has 1 aliphatic heterocycles. The summed E-state index contributed by atoms with van der Waals surface area (Å²) in [5.41, 5.74) is 3.54. The number of rotatable bonds is 4. The molecule has 1 saturated heterocycles. The summed E-state index contributed by atoms with van der Waals surface area (Å²) in [5, 5.41) is 9.26. The van der Waals surface area contributed by atoms with Crippen LogP contribution in [-0.4, -0.2) is 51.0 Å². The molecule has 140 valence electrons. The first-order valence-electron chi connectivity index (χ1n) is 9.20. The first-order valence-corrected chi connectivity index (χ1v) is 9.20. The third-order valence-electron chi connectivity index (χ3n) is 5.10. The van der Waals surface area contributed by atoms with Crippen LogP contribution in [0.25, 0.3) is 10.9 Å². The van der Waals surface area contributed by atoms with Gasteiger partial charge in [0.15, 0.2) is 0 Å². The molecule has 27 heavy (non-hydrogen) atoms. The van der Waals surface area contributed by atoms with E-state index in [1.807, 2.05) is 47.0 Å². The number of nitrogens with zero attached hydrogens (tertiary/aromatic N) is 5. The molecule has 0 unspecified atom stereocenters. The van der Waals surface area contributed by atoms with Gasteiger partial charge in [0.2, 0.25) is 0 Å². The van der Waals surface area contributed by atoms with E-state index in [1.54, 1.807) is 13.3 Å². The molecule has 3 aromatic rings. The summed E-state index contributed by atoms with van der Waals surface area (Å²) >= 11 is 0. The third-order valence-corrected chi connectivity index (χ3v) is 5.10. The number of methoxy groups -OCH3 is 1. The van der Waals surface area contributed by atoms with E-state index in [9.17, 15) is 4.79 Å². The number of ether oxygens (including phenoxy) is 1. The van der Waals surface area contributed by atoms with E-state index in [0.29, 0.717) is 19.7 Å². The number of likely N-dealkylation sites (tertiary alicyclic amines) is 1. The highest BCUT2D eigenvalue weighted by Crippen LogP contribution is 2.25. The molecule has 7 nitrogen and oxygen atoms in total. The highest BCUT2D eigenvalue weighted by Gasteiger charge is 2.26. The van der Waals surface area contributed by atoms with Crippen LogP contribution in [0.2, 0.25) is 0 Å². The maximum atomic E-state index is 13.1. The van der Waals surface area contributed by atoms with Crippen LogP contribution in [0.3, 0.4) is 0 Å². The Kier molecular flexibility index (Phi) is 4.85. The van der Waals surface area contributed by atoms with Crippen LogP contribution in [0.15, 0.2) is 36.7 Å². The quantitative estimate of drug-likeness (QED) is 0.711. The molecule has 0 saturated carbocycles. The third kappa shape index (κ3) is 3.55. The molecule has 0 bridgehead atoms. The van der Waals surface area contributed by atoms with Crippen LogP contribution < -0.4 is 0 Å². The van der Waals surface area contributed by atoms with Crippen molar-refractivity contribution in [3.05, 3.63) is 53.5 Å². The fraction of sp³-hybridized carbons (Fsp3) is 0.400. The smallest absolute Gasteiger partial charge is 0.254 e. The number of aryl methyl sites for hydroxylation is 1. The standard InChI is InChI=1S/C20H23N5O2/c1-14-3-4-19-18(11-14)17(5-8-21-19)20(26)24-9-6-16(7-10-24)25-12-15(13-27-2)22-23-25/h3-5,8,11-12,16H,6-7,9-10,13H2,1-2H3. The van der Waals surface area contributed by atoms with E-state index in [1.165, 1.54) is 0 Å². The molecule has 0 aliphatic carbocycles. The van der Waals surface area contributed by atoms with E-state index >= 15 is 0 Å². The topological polar surface area (TPSA) is 73.1 Å². The van der Waals surface area contributed by atoms with Crippen molar-refractivity contribution in [3.63, 3.8) is 0 Å². The van der Waals surface area contributed by atoms with Crippen molar-refractivity contribution in [2.45, 2.75) is 32.4 Å². The molecule has 1 aliphatic rings. The van der Waals surface area contributed by atoms with E-state index in [2.05, 4.69) is 15.3 Å². The molecule has 0 radical (unpaired) electrons. The minimum atomic E-state index is 0.0742. The minimum Gasteiger partial charge on any atom is -0.378 e. The minimum absolute atomic E-state index is 0.0742. The van der Waals surface area contributed by atoms with Gasteiger partial charge in [-0.1, -0.05) is 16.8 Å². The lowest BCUT2D eigenvalue weighted by molar-refractivity contribution is 0.0691. The molecule has 0 atom stereocenters. The van der Waals surface area contributed by atoms with E-state index in [-0.39, 0.29) is 11.9 Å². The number of hydrogen-bond donors (Lipinski definition) is 0. The maximum Gasteiger partial charge on any atom is 0.254 e. The monoisotopic (exact) mass is 365 g/mol. The van der Waals surface area contributed by atoms with Crippen LogP contribution in [0, 0.1) is 6.92 Å². The molecule has 0 spiro atoms. The summed E-state index contributed by atoms with van der Waals surface area (Å²) in [7, 11) is 1.65. The van der Waals surface area contributed by atoms with Gasteiger partial charge < -0.3 is 9.64 Å². The predicted octanol–water partition coefficient (Wildman–Crippen LogP) is 2.76. The average molecular weight is 365 g/mol. The first-order chi connectivity index (χ1) is 13.2. The van der Waals surface area contributed by atoms with E-state index < -0.39 is 0 Å². The Labute approximate surface area is 157 Å². The fourth-order valence-electron chi connectivity index (χ4n) is 3.66. The summed E-state index contributed by atoms with van der Waals surface area (Å²) in [6, 6.07) is 8.12. The number of amides is 1. The van der Waals surface area contributed by atoms with Crippen LogP contribution in [0.4, 0.5) is 0 Å². The lowest BCUT2D eigenvalue weighted by atomic mass is 10.0. The lowest BCUT2D eigenvalue weighted by Gasteiger charge is -2.32. The fourth-order valence-corrected chi connectivity index (χ4v) is 3.66. The first kappa shape index (κ1) is 17.6. The van der Waals surface area contributed by atoms with E-state index in [4.69, 9.17) is 4.74 Å². The van der Waals surface area contributed by atoms with Crippen LogP contribution >= 0.6 is 0 Å². The Morgan fingerprint density at radius 1 is 1.26 bits per heavy atom. The van der Waals surface area contributed by atoms with Gasteiger partial charge in [0.05, 0.1) is 29.9 Å². The van der Waals surface area contributed by atoms with Crippen LogP contribution in [0.1, 0.15) is 40.5 Å².